The summed E-state index contributed by atoms with van der Waals surface area (Å²) in [5, 5.41) is 0.896. The van der Waals surface area contributed by atoms with Gasteiger partial charge >= 0.3 is 0 Å². The van der Waals surface area contributed by atoms with Crippen molar-refractivity contribution < 1.29 is 4.79 Å². The summed E-state index contributed by atoms with van der Waals surface area (Å²) in [6.07, 6.45) is 1.06. The number of carbonyl (C=O) groups is 1. The Morgan fingerprint density at radius 2 is 2.14 bits per heavy atom. The van der Waals surface area contributed by atoms with E-state index in [2.05, 4.69) is 18.8 Å². The summed E-state index contributed by atoms with van der Waals surface area (Å²) in [7, 11) is 0. The molecule has 0 bridgehead atoms. The zero-order valence-electron chi connectivity index (χ0n) is 12.7. The first-order valence-electron chi connectivity index (χ1n) is 7.42. The number of thiophene rings is 1. The first-order valence-corrected chi connectivity index (χ1v) is 8.24. The van der Waals surface area contributed by atoms with Crippen molar-refractivity contribution in [2.45, 2.75) is 27.2 Å². The van der Waals surface area contributed by atoms with Gasteiger partial charge in [-0.3, -0.25) is 4.79 Å². The highest BCUT2D eigenvalue weighted by Crippen LogP contribution is 2.34. The molecule has 1 fully saturated rings. The highest BCUT2D eigenvalue weighted by atomic mass is 32.1. The van der Waals surface area contributed by atoms with Crippen LogP contribution in [0.1, 0.15) is 35.6 Å². The second kappa shape index (κ2) is 5.30. The zero-order valence-corrected chi connectivity index (χ0v) is 13.5. The summed E-state index contributed by atoms with van der Waals surface area (Å²) in [5.74, 6) is 1.28. The molecule has 2 unspecified atom stereocenters. The van der Waals surface area contributed by atoms with Crippen molar-refractivity contribution in [2.24, 2.45) is 11.8 Å². The number of fused-ring (bicyclic) bond motifs is 1. The van der Waals surface area contributed by atoms with Crippen LogP contribution in [0.25, 0.3) is 10.2 Å². The minimum atomic E-state index is 0.0619. The van der Waals surface area contributed by atoms with Crippen molar-refractivity contribution in [3.8, 4) is 0 Å². The van der Waals surface area contributed by atoms with Crippen molar-refractivity contribution in [1.82, 2.24) is 9.88 Å². The Labute approximate surface area is 129 Å². The Hall–Kier alpha value is -1.62. The lowest BCUT2D eigenvalue weighted by Gasteiger charge is -2.35. The van der Waals surface area contributed by atoms with E-state index in [4.69, 9.17) is 5.73 Å². The van der Waals surface area contributed by atoms with Crippen LogP contribution in [0.15, 0.2) is 12.1 Å². The maximum absolute atomic E-state index is 12.8. The molecular formula is C16H21N3OS. The number of aromatic nitrogens is 1. The van der Waals surface area contributed by atoms with Crippen LogP contribution in [-0.4, -0.2) is 28.9 Å². The quantitative estimate of drug-likeness (QED) is 0.879. The summed E-state index contributed by atoms with van der Waals surface area (Å²) in [6, 6.07) is 3.89. The number of nitrogens with zero attached hydrogens (tertiary/aromatic N) is 2. The first kappa shape index (κ1) is 14.3. The van der Waals surface area contributed by atoms with Crippen LogP contribution >= 0.6 is 11.3 Å². The molecule has 3 heterocycles. The molecule has 1 saturated heterocycles. The predicted molar refractivity (Wildman–Crippen MR) is 87.6 cm³/mol. The molecule has 0 saturated carbocycles. The van der Waals surface area contributed by atoms with Gasteiger partial charge in [0.15, 0.2) is 0 Å². The Morgan fingerprint density at radius 1 is 1.38 bits per heavy atom. The number of nitrogens with two attached hydrogens (primary N) is 1. The Balaban J connectivity index is 1.93. The molecule has 112 valence electrons. The lowest BCUT2D eigenvalue weighted by molar-refractivity contribution is 0.0633. The van der Waals surface area contributed by atoms with E-state index in [9.17, 15) is 4.79 Å². The third-order valence-corrected chi connectivity index (χ3v) is 5.65. The van der Waals surface area contributed by atoms with Gasteiger partial charge in [0.1, 0.15) is 9.71 Å². The fourth-order valence-corrected chi connectivity index (χ4v) is 3.95. The normalized spacial score (nSPS) is 22.7. The third-order valence-electron chi connectivity index (χ3n) is 4.55. The maximum atomic E-state index is 12.8. The molecule has 0 spiro atoms. The number of carbonyl (C=O) groups excluding carboxylic acids is 1. The Bertz CT molecular complexity index is 694. The summed E-state index contributed by atoms with van der Waals surface area (Å²) < 4.78 is 0. The average Bonchev–Trinajstić information content (AvgIpc) is 2.77. The summed E-state index contributed by atoms with van der Waals surface area (Å²) in [6.45, 7) is 8.06. The van der Waals surface area contributed by atoms with E-state index in [1.165, 1.54) is 11.3 Å². The number of piperidine rings is 1. The van der Waals surface area contributed by atoms with Gasteiger partial charge in [-0.1, -0.05) is 13.8 Å². The molecule has 2 atom stereocenters. The van der Waals surface area contributed by atoms with Crippen LogP contribution < -0.4 is 5.73 Å². The van der Waals surface area contributed by atoms with E-state index in [1.807, 2.05) is 24.0 Å². The zero-order chi connectivity index (χ0) is 15.1. The molecule has 2 aromatic rings. The van der Waals surface area contributed by atoms with E-state index in [1.54, 1.807) is 0 Å². The van der Waals surface area contributed by atoms with E-state index in [0.29, 0.717) is 22.4 Å². The number of hydrogen-bond acceptors (Lipinski definition) is 4. The number of pyridine rings is 1. The van der Waals surface area contributed by atoms with Crippen molar-refractivity contribution in [3.05, 3.63) is 22.7 Å². The summed E-state index contributed by atoms with van der Waals surface area (Å²) in [4.78, 5) is 20.7. The van der Waals surface area contributed by atoms with Crippen molar-refractivity contribution in [1.29, 1.82) is 0 Å². The molecule has 1 aliphatic rings. The van der Waals surface area contributed by atoms with Crippen LogP contribution in [0.3, 0.4) is 0 Å². The number of hydrogen-bond donors (Lipinski definition) is 1. The standard InChI is InChI=1S/C16H21N3OS/c1-9-6-7-19(8-10(9)2)16(20)14-13(17)12-5-4-11(3)18-15(12)21-14/h4-5,9-10H,6-8,17H2,1-3H3. The molecule has 2 N–H and O–H groups in total. The second-order valence-corrected chi connectivity index (χ2v) is 7.14. The molecular weight excluding hydrogens is 282 g/mol. The van der Waals surface area contributed by atoms with Crippen LogP contribution in [0.2, 0.25) is 0 Å². The Kier molecular flexibility index (Phi) is 3.61. The SMILES string of the molecule is Cc1ccc2c(N)c(C(=O)N3CCC(C)C(C)C3)sc2n1. The predicted octanol–water partition coefficient (Wildman–Crippen LogP) is 3.31. The van der Waals surface area contributed by atoms with Gasteiger partial charge in [0, 0.05) is 24.2 Å². The highest BCUT2D eigenvalue weighted by molar-refractivity contribution is 7.21. The van der Waals surface area contributed by atoms with Crippen molar-refractivity contribution in [2.75, 3.05) is 18.8 Å². The summed E-state index contributed by atoms with van der Waals surface area (Å²) >= 11 is 1.41. The van der Waals surface area contributed by atoms with Gasteiger partial charge in [0.2, 0.25) is 0 Å². The smallest absolute Gasteiger partial charge is 0.266 e. The lowest BCUT2D eigenvalue weighted by Crippen LogP contribution is -2.42. The number of aryl methyl sites for hydroxylation is 1. The fraction of sp³-hybridized carbons (Fsp3) is 0.500. The molecule has 1 amide bonds. The minimum absolute atomic E-state index is 0.0619. The number of rotatable bonds is 1. The molecule has 0 radical (unpaired) electrons. The Morgan fingerprint density at radius 3 is 2.86 bits per heavy atom. The first-order chi connectivity index (χ1) is 9.97. The van der Waals surface area contributed by atoms with E-state index >= 15 is 0 Å². The number of anilines is 1. The van der Waals surface area contributed by atoms with Crippen molar-refractivity contribution in [3.63, 3.8) is 0 Å². The van der Waals surface area contributed by atoms with Gasteiger partial charge in [-0.15, -0.1) is 11.3 Å². The van der Waals surface area contributed by atoms with Crippen LogP contribution in [-0.2, 0) is 0 Å². The van der Waals surface area contributed by atoms with Gasteiger partial charge < -0.3 is 10.6 Å². The van der Waals surface area contributed by atoms with E-state index in [0.717, 1.165) is 35.4 Å². The average molecular weight is 303 g/mol. The second-order valence-electron chi connectivity index (χ2n) is 6.14. The summed E-state index contributed by atoms with van der Waals surface area (Å²) in [5.41, 5.74) is 7.71. The van der Waals surface area contributed by atoms with Gasteiger partial charge in [0.05, 0.1) is 5.69 Å². The number of nitrogen functional groups attached to an aromatic ring is 1. The molecule has 5 heteroatoms. The molecule has 4 nitrogen and oxygen atoms in total. The lowest BCUT2D eigenvalue weighted by atomic mass is 9.88. The highest BCUT2D eigenvalue weighted by Gasteiger charge is 2.29. The van der Waals surface area contributed by atoms with E-state index in [-0.39, 0.29) is 5.91 Å². The molecule has 2 aromatic heterocycles. The molecule has 0 aromatic carbocycles. The topological polar surface area (TPSA) is 59.2 Å². The fourth-order valence-electron chi connectivity index (χ4n) is 2.84. The van der Waals surface area contributed by atoms with Crippen LogP contribution in [0.5, 0.6) is 0 Å². The van der Waals surface area contributed by atoms with Crippen molar-refractivity contribution >= 4 is 33.1 Å². The largest absolute Gasteiger partial charge is 0.397 e. The monoisotopic (exact) mass is 303 g/mol. The third kappa shape index (κ3) is 2.50. The molecule has 3 rings (SSSR count). The van der Waals surface area contributed by atoms with Gasteiger partial charge in [-0.2, -0.15) is 0 Å². The van der Waals surface area contributed by atoms with Crippen LogP contribution in [0, 0.1) is 18.8 Å². The van der Waals surface area contributed by atoms with Gasteiger partial charge in [-0.05, 0) is 37.3 Å². The molecule has 1 aliphatic heterocycles. The van der Waals surface area contributed by atoms with E-state index < -0.39 is 0 Å². The number of amides is 1. The van der Waals surface area contributed by atoms with Gasteiger partial charge in [-0.25, -0.2) is 4.98 Å². The maximum Gasteiger partial charge on any atom is 0.266 e. The molecule has 21 heavy (non-hydrogen) atoms. The minimum Gasteiger partial charge on any atom is -0.397 e. The van der Waals surface area contributed by atoms with Gasteiger partial charge in [0.25, 0.3) is 5.91 Å². The van der Waals surface area contributed by atoms with Crippen LogP contribution in [0.4, 0.5) is 5.69 Å². The number of likely N-dealkylation sites (tertiary alicyclic amines) is 1. The molecule has 0 aliphatic carbocycles.